The van der Waals surface area contributed by atoms with E-state index in [0.29, 0.717) is 0 Å². The minimum atomic E-state index is -0.829. The maximum Gasteiger partial charge on any atom is 0.307 e. The smallest absolute Gasteiger partial charge is 0.307 e. The Kier molecular flexibility index (Phi) is 3.47. The molecule has 3 aromatic rings. The number of fused-ring (bicyclic) bond motifs is 1. The molecule has 3 rings (SSSR count). The van der Waals surface area contributed by atoms with Crippen LogP contribution >= 0.6 is 11.3 Å². The first-order chi connectivity index (χ1) is 10.1. The van der Waals surface area contributed by atoms with Crippen LogP contribution in [-0.2, 0) is 11.2 Å². The third-order valence-electron chi connectivity index (χ3n) is 3.58. The van der Waals surface area contributed by atoms with E-state index in [2.05, 4.69) is 0 Å². The average molecular weight is 297 g/mol. The van der Waals surface area contributed by atoms with E-state index in [1.807, 2.05) is 50.2 Å². The number of carbonyl (C=O) groups is 1. The summed E-state index contributed by atoms with van der Waals surface area (Å²) in [5, 5.41) is 10.2. The van der Waals surface area contributed by atoms with Crippen molar-refractivity contribution in [3.8, 4) is 10.6 Å². The van der Waals surface area contributed by atoms with Gasteiger partial charge in [-0.25, -0.2) is 4.98 Å². The molecule has 2 aromatic heterocycles. The van der Waals surface area contributed by atoms with Crippen molar-refractivity contribution >= 4 is 28.2 Å². The number of nitrogens with zero attached hydrogens (tertiary/aromatic N) is 1. The molecule has 0 unspecified atom stereocenters. The van der Waals surface area contributed by atoms with Gasteiger partial charge in [0.2, 0.25) is 0 Å². The summed E-state index contributed by atoms with van der Waals surface area (Å²) in [6.07, 6.45) is -0.00402. The SMILES string of the molecule is Cc1ccc(-c2nc3ccccc3c(C)c2CC(=O)O)s1. The zero-order valence-corrected chi connectivity index (χ0v) is 12.7. The molecule has 0 spiro atoms. The molecule has 0 saturated heterocycles. The highest BCUT2D eigenvalue weighted by molar-refractivity contribution is 7.15. The van der Waals surface area contributed by atoms with Crippen LogP contribution in [0.2, 0.25) is 0 Å². The number of rotatable bonds is 3. The normalized spacial score (nSPS) is 11.0. The molecular formula is C17H15NO2S. The third kappa shape index (κ3) is 2.54. The van der Waals surface area contributed by atoms with Crippen molar-refractivity contribution in [2.24, 2.45) is 0 Å². The van der Waals surface area contributed by atoms with Crippen LogP contribution in [0, 0.1) is 13.8 Å². The summed E-state index contributed by atoms with van der Waals surface area (Å²) < 4.78 is 0. The van der Waals surface area contributed by atoms with Gasteiger partial charge in [-0.1, -0.05) is 18.2 Å². The fourth-order valence-corrected chi connectivity index (χ4v) is 3.43. The standard InChI is InChI=1S/C17H15NO2S/c1-10-7-8-15(21-10)17-13(9-16(19)20)11(2)12-5-3-4-6-14(12)18-17/h3-8H,9H2,1-2H3,(H,19,20). The number of aromatic nitrogens is 1. The Bertz CT molecular complexity index is 836. The van der Waals surface area contributed by atoms with Crippen molar-refractivity contribution < 1.29 is 9.90 Å². The summed E-state index contributed by atoms with van der Waals surface area (Å²) in [4.78, 5) is 18.2. The minimum absolute atomic E-state index is 0.00402. The first-order valence-corrected chi connectivity index (χ1v) is 7.54. The molecule has 0 bridgehead atoms. The topological polar surface area (TPSA) is 50.2 Å². The van der Waals surface area contributed by atoms with Crippen molar-refractivity contribution in [2.75, 3.05) is 0 Å². The second kappa shape index (κ2) is 5.30. The Morgan fingerprint density at radius 1 is 1.19 bits per heavy atom. The van der Waals surface area contributed by atoms with Crippen LogP contribution in [0.1, 0.15) is 16.0 Å². The highest BCUT2D eigenvalue weighted by atomic mass is 32.1. The number of para-hydroxylation sites is 1. The molecule has 1 aromatic carbocycles. The number of aryl methyl sites for hydroxylation is 2. The molecule has 0 aliphatic rings. The number of pyridine rings is 1. The van der Waals surface area contributed by atoms with Gasteiger partial charge in [0.15, 0.2) is 0 Å². The molecule has 21 heavy (non-hydrogen) atoms. The van der Waals surface area contributed by atoms with E-state index in [1.165, 1.54) is 4.88 Å². The summed E-state index contributed by atoms with van der Waals surface area (Å²) in [5.41, 5.74) is 3.52. The lowest BCUT2D eigenvalue weighted by atomic mass is 9.98. The lowest BCUT2D eigenvalue weighted by molar-refractivity contribution is -0.136. The zero-order valence-electron chi connectivity index (χ0n) is 11.9. The van der Waals surface area contributed by atoms with Gasteiger partial charge in [0.05, 0.1) is 22.5 Å². The van der Waals surface area contributed by atoms with E-state index in [4.69, 9.17) is 4.98 Å². The molecule has 0 fully saturated rings. The summed E-state index contributed by atoms with van der Waals surface area (Å²) in [7, 11) is 0. The summed E-state index contributed by atoms with van der Waals surface area (Å²) >= 11 is 1.64. The molecule has 0 aliphatic carbocycles. The first-order valence-electron chi connectivity index (χ1n) is 6.73. The molecule has 4 heteroatoms. The number of benzene rings is 1. The number of thiophene rings is 1. The number of carboxylic acids is 1. The molecule has 0 atom stereocenters. The van der Waals surface area contributed by atoms with Crippen LogP contribution in [0.15, 0.2) is 36.4 Å². The van der Waals surface area contributed by atoms with Gasteiger partial charge in [-0.15, -0.1) is 11.3 Å². The van der Waals surface area contributed by atoms with Crippen LogP contribution in [0.5, 0.6) is 0 Å². The first kappa shape index (κ1) is 13.8. The number of hydrogen-bond acceptors (Lipinski definition) is 3. The van der Waals surface area contributed by atoms with Crippen LogP contribution in [0.25, 0.3) is 21.5 Å². The Balaban J connectivity index is 2.32. The lowest BCUT2D eigenvalue weighted by Crippen LogP contribution is -2.06. The summed E-state index contributed by atoms with van der Waals surface area (Å²) in [6.45, 7) is 4.02. The van der Waals surface area contributed by atoms with Crippen LogP contribution in [-0.4, -0.2) is 16.1 Å². The molecule has 0 radical (unpaired) electrons. The van der Waals surface area contributed by atoms with E-state index in [0.717, 1.165) is 32.6 Å². The minimum Gasteiger partial charge on any atom is -0.481 e. The Morgan fingerprint density at radius 3 is 2.62 bits per heavy atom. The van der Waals surface area contributed by atoms with E-state index >= 15 is 0 Å². The van der Waals surface area contributed by atoms with E-state index in [-0.39, 0.29) is 6.42 Å². The van der Waals surface area contributed by atoms with Gasteiger partial charge in [0.1, 0.15) is 0 Å². The van der Waals surface area contributed by atoms with Gasteiger partial charge in [-0.3, -0.25) is 4.79 Å². The predicted molar refractivity (Wildman–Crippen MR) is 85.9 cm³/mol. The number of carboxylic acid groups (broad SMARTS) is 1. The highest BCUT2D eigenvalue weighted by Crippen LogP contribution is 2.33. The van der Waals surface area contributed by atoms with Crippen molar-refractivity contribution in [3.05, 3.63) is 52.4 Å². The Hall–Kier alpha value is -2.20. The second-order valence-corrected chi connectivity index (χ2v) is 6.35. The fourth-order valence-electron chi connectivity index (χ4n) is 2.55. The summed E-state index contributed by atoms with van der Waals surface area (Å²) in [6, 6.07) is 11.9. The molecule has 1 N–H and O–H groups in total. The van der Waals surface area contributed by atoms with Gasteiger partial charge in [0.25, 0.3) is 0 Å². The largest absolute Gasteiger partial charge is 0.481 e. The number of hydrogen-bond donors (Lipinski definition) is 1. The maximum absolute atomic E-state index is 11.2. The zero-order chi connectivity index (χ0) is 15.0. The van der Waals surface area contributed by atoms with Gasteiger partial charge in [-0.05, 0) is 43.2 Å². The molecule has 106 valence electrons. The Morgan fingerprint density at radius 2 is 1.95 bits per heavy atom. The quantitative estimate of drug-likeness (QED) is 0.788. The van der Waals surface area contributed by atoms with E-state index in [1.54, 1.807) is 11.3 Å². The van der Waals surface area contributed by atoms with Crippen molar-refractivity contribution in [1.82, 2.24) is 4.98 Å². The molecular weight excluding hydrogens is 282 g/mol. The van der Waals surface area contributed by atoms with Gasteiger partial charge >= 0.3 is 5.97 Å². The number of aliphatic carboxylic acids is 1. The monoisotopic (exact) mass is 297 g/mol. The average Bonchev–Trinajstić information content (AvgIpc) is 2.88. The third-order valence-corrected chi connectivity index (χ3v) is 4.59. The highest BCUT2D eigenvalue weighted by Gasteiger charge is 2.17. The van der Waals surface area contributed by atoms with Gasteiger partial charge in [-0.2, -0.15) is 0 Å². The van der Waals surface area contributed by atoms with Crippen molar-refractivity contribution in [1.29, 1.82) is 0 Å². The second-order valence-electron chi connectivity index (χ2n) is 5.06. The lowest BCUT2D eigenvalue weighted by Gasteiger charge is -2.12. The predicted octanol–water partition coefficient (Wildman–Crippen LogP) is 4.21. The van der Waals surface area contributed by atoms with E-state index in [9.17, 15) is 9.90 Å². The van der Waals surface area contributed by atoms with Crippen molar-refractivity contribution in [2.45, 2.75) is 20.3 Å². The van der Waals surface area contributed by atoms with E-state index < -0.39 is 5.97 Å². The van der Waals surface area contributed by atoms with Crippen LogP contribution in [0.4, 0.5) is 0 Å². The Labute approximate surface area is 126 Å². The molecule has 0 saturated carbocycles. The molecule has 2 heterocycles. The van der Waals surface area contributed by atoms with Crippen LogP contribution < -0.4 is 0 Å². The maximum atomic E-state index is 11.2. The molecule has 0 aliphatic heterocycles. The van der Waals surface area contributed by atoms with Gasteiger partial charge < -0.3 is 5.11 Å². The van der Waals surface area contributed by atoms with Crippen LogP contribution in [0.3, 0.4) is 0 Å². The van der Waals surface area contributed by atoms with Gasteiger partial charge in [0, 0.05) is 10.3 Å². The molecule has 0 amide bonds. The molecule has 3 nitrogen and oxygen atoms in total. The fraction of sp³-hybridized carbons (Fsp3) is 0.176. The van der Waals surface area contributed by atoms with Crippen molar-refractivity contribution in [3.63, 3.8) is 0 Å². The summed E-state index contributed by atoms with van der Waals surface area (Å²) in [5.74, 6) is -0.829.